The van der Waals surface area contributed by atoms with E-state index in [2.05, 4.69) is 10.0 Å². The van der Waals surface area contributed by atoms with E-state index in [9.17, 15) is 4.79 Å². The minimum Gasteiger partial charge on any atom is -0.493 e. The number of ether oxygens (including phenoxy) is 3. The van der Waals surface area contributed by atoms with Crippen LogP contribution in [0, 0.1) is 0 Å². The predicted octanol–water partition coefficient (Wildman–Crippen LogP) is 2.92. The number of para-hydroxylation sites is 1. The van der Waals surface area contributed by atoms with Crippen molar-refractivity contribution >= 4 is 12.0 Å². The van der Waals surface area contributed by atoms with E-state index in [-0.39, 0.29) is 12.3 Å². The molecule has 0 amide bonds. The molecular formula is C13H15N3O4. The number of benzene rings is 1. The van der Waals surface area contributed by atoms with Gasteiger partial charge in [0.25, 0.3) is 0 Å². The summed E-state index contributed by atoms with van der Waals surface area (Å²) in [7, 11) is 2.98. The topological polar surface area (TPSA) is 93.5 Å². The number of esters is 1. The fourth-order valence-electron chi connectivity index (χ4n) is 1.55. The molecule has 0 atom stereocenters. The quantitative estimate of drug-likeness (QED) is 0.262. The van der Waals surface area contributed by atoms with Gasteiger partial charge in [-0.15, -0.1) is 0 Å². The zero-order valence-electron chi connectivity index (χ0n) is 11.5. The average Bonchev–Trinajstić information content (AvgIpc) is 2.46. The highest BCUT2D eigenvalue weighted by Crippen LogP contribution is 2.32. The van der Waals surface area contributed by atoms with Crippen molar-refractivity contribution in [3.63, 3.8) is 0 Å². The van der Waals surface area contributed by atoms with Gasteiger partial charge < -0.3 is 14.2 Å². The lowest BCUT2D eigenvalue weighted by molar-refractivity contribution is -0.138. The third kappa shape index (κ3) is 3.66. The summed E-state index contributed by atoms with van der Waals surface area (Å²) < 4.78 is 15.2. The highest BCUT2D eigenvalue weighted by molar-refractivity contribution is 5.93. The van der Waals surface area contributed by atoms with Gasteiger partial charge >= 0.3 is 5.97 Å². The second-order valence-electron chi connectivity index (χ2n) is 3.52. The normalized spacial score (nSPS) is 10.4. The Kier molecular flexibility index (Phi) is 5.93. The van der Waals surface area contributed by atoms with Crippen LogP contribution in [-0.4, -0.2) is 26.8 Å². The lowest BCUT2D eigenvalue weighted by Crippen LogP contribution is -2.05. The summed E-state index contributed by atoms with van der Waals surface area (Å²) in [5, 5.41) is 3.34. The molecule has 0 saturated heterocycles. The monoisotopic (exact) mass is 277 g/mol. The van der Waals surface area contributed by atoms with E-state index in [1.54, 1.807) is 25.1 Å². The van der Waals surface area contributed by atoms with Gasteiger partial charge in [0.2, 0.25) is 0 Å². The molecule has 1 rings (SSSR count). The van der Waals surface area contributed by atoms with E-state index in [0.717, 1.165) is 0 Å². The number of carbonyl (C=O) groups is 1. The molecule has 0 aliphatic heterocycles. The van der Waals surface area contributed by atoms with Crippen LogP contribution in [-0.2, 0) is 9.53 Å². The molecule has 0 radical (unpaired) electrons. The first-order valence-electron chi connectivity index (χ1n) is 5.82. The summed E-state index contributed by atoms with van der Waals surface area (Å²) in [5.41, 5.74) is 8.90. The second-order valence-corrected chi connectivity index (χ2v) is 3.52. The van der Waals surface area contributed by atoms with Gasteiger partial charge in [0.1, 0.15) is 5.70 Å². The van der Waals surface area contributed by atoms with Crippen LogP contribution in [0.4, 0.5) is 0 Å². The number of nitrogens with zero attached hydrogens (tertiary/aromatic N) is 3. The first-order valence-corrected chi connectivity index (χ1v) is 5.82. The first kappa shape index (κ1) is 15.4. The summed E-state index contributed by atoms with van der Waals surface area (Å²) in [6.45, 7) is 1.85. The largest absolute Gasteiger partial charge is 0.493 e. The Morgan fingerprint density at radius 3 is 2.70 bits per heavy atom. The van der Waals surface area contributed by atoms with Crippen molar-refractivity contribution in [3.8, 4) is 11.5 Å². The van der Waals surface area contributed by atoms with Crippen LogP contribution in [0.5, 0.6) is 11.5 Å². The van der Waals surface area contributed by atoms with Crippen molar-refractivity contribution in [1.82, 2.24) is 0 Å². The smallest absolute Gasteiger partial charge is 0.340 e. The molecule has 7 nitrogen and oxygen atoms in total. The van der Waals surface area contributed by atoms with E-state index in [1.165, 1.54) is 20.3 Å². The molecule has 0 heterocycles. The maximum atomic E-state index is 11.7. The van der Waals surface area contributed by atoms with Crippen molar-refractivity contribution in [2.24, 2.45) is 5.11 Å². The Morgan fingerprint density at radius 2 is 2.15 bits per heavy atom. The molecule has 0 aliphatic rings. The van der Waals surface area contributed by atoms with E-state index < -0.39 is 5.97 Å². The van der Waals surface area contributed by atoms with Gasteiger partial charge in [0.05, 0.1) is 20.8 Å². The van der Waals surface area contributed by atoms with Gasteiger partial charge in [0, 0.05) is 10.5 Å². The molecule has 0 unspecified atom stereocenters. The summed E-state index contributed by atoms with van der Waals surface area (Å²) in [5.74, 6) is 0.241. The molecule has 0 N–H and O–H groups in total. The van der Waals surface area contributed by atoms with Crippen LogP contribution in [0.1, 0.15) is 12.5 Å². The van der Waals surface area contributed by atoms with Gasteiger partial charge in [-0.05, 0) is 24.6 Å². The van der Waals surface area contributed by atoms with Crippen LogP contribution in [0.3, 0.4) is 0 Å². The summed E-state index contributed by atoms with van der Waals surface area (Å²) in [6.07, 6.45) is 1.39. The number of hydrogen-bond donors (Lipinski definition) is 0. The fraction of sp³-hybridized carbons (Fsp3) is 0.308. The van der Waals surface area contributed by atoms with Gasteiger partial charge in [-0.1, -0.05) is 17.2 Å². The maximum absolute atomic E-state index is 11.7. The highest BCUT2D eigenvalue weighted by Gasteiger charge is 2.12. The molecule has 106 valence electrons. The number of azide groups is 1. The third-order valence-corrected chi connectivity index (χ3v) is 2.36. The predicted molar refractivity (Wildman–Crippen MR) is 73.3 cm³/mol. The molecular weight excluding hydrogens is 262 g/mol. The van der Waals surface area contributed by atoms with E-state index in [0.29, 0.717) is 17.1 Å². The maximum Gasteiger partial charge on any atom is 0.340 e. The summed E-state index contributed by atoms with van der Waals surface area (Å²) >= 11 is 0. The molecule has 0 aliphatic carbocycles. The molecule has 0 aromatic heterocycles. The molecule has 1 aromatic rings. The molecule has 0 bridgehead atoms. The van der Waals surface area contributed by atoms with Crippen molar-refractivity contribution < 1.29 is 19.0 Å². The minimum absolute atomic E-state index is 0.152. The molecule has 20 heavy (non-hydrogen) atoms. The Balaban J connectivity index is 3.30. The van der Waals surface area contributed by atoms with Crippen molar-refractivity contribution in [1.29, 1.82) is 0 Å². The lowest BCUT2D eigenvalue weighted by atomic mass is 10.1. The Morgan fingerprint density at radius 1 is 1.40 bits per heavy atom. The van der Waals surface area contributed by atoms with Crippen LogP contribution < -0.4 is 9.47 Å². The molecule has 0 saturated carbocycles. The highest BCUT2D eigenvalue weighted by atomic mass is 16.5. The van der Waals surface area contributed by atoms with Crippen LogP contribution in [0.25, 0.3) is 16.5 Å². The lowest BCUT2D eigenvalue weighted by Gasteiger charge is -2.10. The SMILES string of the molecule is CCOC(=O)/C(=C\c1cccc(OC)c1OC)N=[N+]=[N-]. The van der Waals surface area contributed by atoms with Crippen LogP contribution in [0.15, 0.2) is 29.0 Å². The standard InChI is InChI=1S/C13H15N3O4/c1-4-20-13(17)10(15-16-14)8-9-6-5-7-11(18-2)12(9)19-3/h5-8H,4H2,1-3H3/b10-8+. The fourth-order valence-corrected chi connectivity index (χ4v) is 1.55. The number of carbonyl (C=O) groups excluding carboxylic acids is 1. The average molecular weight is 277 g/mol. The van der Waals surface area contributed by atoms with Crippen molar-refractivity contribution in [2.75, 3.05) is 20.8 Å². The van der Waals surface area contributed by atoms with E-state index in [1.807, 2.05) is 0 Å². The van der Waals surface area contributed by atoms with Gasteiger partial charge in [-0.3, -0.25) is 0 Å². The molecule has 0 spiro atoms. The Labute approximate surface area is 116 Å². The molecule has 7 heteroatoms. The zero-order chi connectivity index (χ0) is 15.0. The Bertz CT molecular complexity index is 563. The van der Waals surface area contributed by atoms with E-state index in [4.69, 9.17) is 19.7 Å². The van der Waals surface area contributed by atoms with Crippen molar-refractivity contribution in [3.05, 3.63) is 39.9 Å². The minimum atomic E-state index is -0.699. The van der Waals surface area contributed by atoms with Gasteiger partial charge in [0.15, 0.2) is 11.5 Å². The number of rotatable bonds is 6. The van der Waals surface area contributed by atoms with Crippen LogP contribution in [0.2, 0.25) is 0 Å². The van der Waals surface area contributed by atoms with Crippen molar-refractivity contribution in [2.45, 2.75) is 6.92 Å². The Hall–Kier alpha value is -2.66. The second kappa shape index (κ2) is 7.70. The number of hydrogen-bond acceptors (Lipinski definition) is 5. The molecule has 0 fully saturated rings. The van der Waals surface area contributed by atoms with E-state index >= 15 is 0 Å². The summed E-state index contributed by atoms with van der Waals surface area (Å²) in [4.78, 5) is 14.3. The first-order chi connectivity index (χ1) is 9.67. The zero-order valence-corrected chi connectivity index (χ0v) is 11.5. The van der Waals surface area contributed by atoms with Gasteiger partial charge in [-0.25, -0.2) is 4.79 Å². The molecule has 1 aromatic carbocycles. The third-order valence-electron chi connectivity index (χ3n) is 2.36. The van der Waals surface area contributed by atoms with Gasteiger partial charge in [-0.2, -0.15) is 0 Å². The summed E-state index contributed by atoms with van der Waals surface area (Å²) in [6, 6.07) is 5.15. The van der Waals surface area contributed by atoms with Crippen LogP contribution >= 0.6 is 0 Å². The number of methoxy groups -OCH3 is 2.